The minimum absolute atomic E-state index is 0.304. The van der Waals surface area contributed by atoms with Crippen LogP contribution in [0.25, 0.3) is 17.4 Å². The van der Waals surface area contributed by atoms with Crippen LogP contribution in [0.3, 0.4) is 0 Å². The van der Waals surface area contributed by atoms with Gasteiger partial charge < -0.3 is 9.52 Å². The number of rotatable bonds is 8. The lowest BCUT2D eigenvalue weighted by Gasteiger charge is -2.09. The van der Waals surface area contributed by atoms with Gasteiger partial charge in [-0.15, -0.1) is 11.8 Å². The number of carbonyl (C=O) groups is 2. The van der Waals surface area contributed by atoms with Crippen LogP contribution in [0.2, 0.25) is 0 Å². The molecule has 2 amide bonds. The third-order valence-electron chi connectivity index (χ3n) is 3.64. The summed E-state index contributed by atoms with van der Waals surface area (Å²) in [5.41, 5.74) is 2.98. The first-order valence-electron chi connectivity index (χ1n) is 9.11. The molecule has 0 aliphatic heterocycles. The second-order valence-electron chi connectivity index (χ2n) is 5.28. The molecular formula is C21H27N2O6S2+. The second-order valence-corrected chi connectivity index (χ2v) is 6.34. The van der Waals surface area contributed by atoms with Gasteiger partial charge in [-0.25, -0.2) is 9.74 Å². The van der Waals surface area contributed by atoms with Crippen LogP contribution in [0.5, 0.6) is 0 Å². The number of benzene rings is 1. The summed E-state index contributed by atoms with van der Waals surface area (Å²) in [7, 11) is 2.29. The third-order valence-corrected chi connectivity index (χ3v) is 4.60. The molecular weight excluding hydrogens is 440 g/mol. The molecule has 0 saturated carbocycles. The van der Waals surface area contributed by atoms with E-state index in [1.165, 1.54) is 18.9 Å². The third kappa shape index (κ3) is 7.74. The highest BCUT2D eigenvalue weighted by molar-refractivity contribution is 8.03. The summed E-state index contributed by atoms with van der Waals surface area (Å²) in [6.45, 7) is 5.85. The van der Waals surface area contributed by atoms with Gasteiger partial charge in [0, 0.05) is 24.8 Å². The van der Waals surface area contributed by atoms with Gasteiger partial charge in [-0.3, -0.25) is 9.59 Å². The van der Waals surface area contributed by atoms with E-state index >= 15 is 0 Å². The minimum atomic E-state index is -0.527. The molecule has 1 aromatic heterocycles. The molecule has 0 aliphatic rings. The van der Waals surface area contributed by atoms with Crippen LogP contribution in [-0.2, 0) is 14.4 Å². The molecule has 0 bridgehead atoms. The van der Waals surface area contributed by atoms with Crippen molar-refractivity contribution in [3.63, 3.8) is 0 Å². The van der Waals surface area contributed by atoms with E-state index in [1.807, 2.05) is 20.8 Å². The zero-order valence-electron chi connectivity index (χ0n) is 18.3. The molecule has 1 N–H and O–H groups in total. The van der Waals surface area contributed by atoms with Crippen molar-refractivity contribution in [1.29, 1.82) is 0 Å². The zero-order chi connectivity index (χ0) is 24.0. The van der Waals surface area contributed by atoms with Crippen molar-refractivity contribution >= 4 is 53.6 Å². The fourth-order valence-corrected chi connectivity index (χ4v) is 2.96. The molecule has 0 aliphatic carbocycles. The van der Waals surface area contributed by atoms with E-state index < -0.39 is 5.91 Å². The molecule has 0 atom stereocenters. The standard InChI is InChI=1S/C18H17N2O5S2.C2H6.CH4O/c1-12-8-13(20(23)24-2)4-6-15(12)16-7-5-14(25-16)9-17(27-3)18(22)19(10-21)11-26;2*1-2/h4-11H,1-3H3;1-2H3;2H,1H3/q+1;;/b17-9-;;. The van der Waals surface area contributed by atoms with Crippen LogP contribution < -0.4 is 0 Å². The Kier molecular flexibility index (Phi) is 13.7. The van der Waals surface area contributed by atoms with Crippen molar-refractivity contribution in [3.05, 3.63) is 51.5 Å². The van der Waals surface area contributed by atoms with Crippen LogP contribution in [0.1, 0.15) is 25.2 Å². The van der Waals surface area contributed by atoms with E-state index in [0.717, 1.165) is 28.6 Å². The first-order valence-corrected chi connectivity index (χ1v) is 10.8. The Morgan fingerprint density at radius 2 is 1.90 bits per heavy atom. The molecule has 0 fully saturated rings. The van der Waals surface area contributed by atoms with Gasteiger partial charge in [0.25, 0.3) is 10.8 Å². The van der Waals surface area contributed by atoms with E-state index in [-0.39, 0.29) is 0 Å². The Hall–Kier alpha value is -2.82. The molecule has 31 heavy (non-hydrogen) atoms. The molecule has 8 nitrogen and oxygen atoms in total. The van der Waals surface area contributed by atoms with Gasteiger partial charge in [0.1, 0.15) is 11.5 Å². The molecule has 0 radical (unpaired) electrons. The van der Waals surface area contributed by atoms with E-state index in [0.29, 0.717) is 33.4 Å². The van der Waals surface area contributed by atoms with Crippen LogP contribution in [-0.4, -0.2) is 53.2 Å². The quantitative estimate of drug-likeness (QED) is 0.262. The largest absolute Gasteiger partial charge is 0.457 e. The van der Waals surface area contributed by atoms with Crippen molar-refractivity contribution in [2.45, 2.75) is 20.8 Å². The van der Waals surface area contributed by atoms with E-state index in [2.05, 4.69) is 17.1 Å². The predicted molar refractivity (Wildman–Crippen MR) is 127 cm³/mol. The summed E-state index contributed by atoms with van der Waals surface area (Å²) < 4.78 is 5.80. The number of amides is 2. The zero-order valence-corrected chi connectivity index (χ0v) is 20.0. The first kappa shape index (κ1) is 28.2. The average molecular weight is 468 g/mol. The van der Waals surface area contributed by atoms with Crippen molar-refractivity contribution in [1.82, 2.24) is 4.90 Å². The van der Waals surface area contributed by atoms with E-state index in [9.17, 15) is 14.5 Å². The molecule has 0 unspecified atom stereocenters. The minimum Gasteiger partial charge on any atom is -0.457 e. The normalized spacial score (nSPS) is 9.97. The lowest BCUT2D eigenvalue weighted by molar-refractivity contribution is -0.736. The van der Waals surface area contributed by atoms with Gasteiger partial charge in [0.2, 0.25) is 6.41 Å². The van der Waals surface area contributed by atoms with Gasteiger partial charge in [-0.1, -0.05) is 26.1 Å². The monoisotopic (exact) mass is 467 g/mol. The maximum Gasteiger partial charge on any atom is 0.317 e. The topological polar surface area (TPSA) is 100 Å². The van der Waals surface area contributed by atoms with Crippen molar-refractivity contribution in [2.24, 2.45) is 0 Å². The number of hydrogen-bond donors (Lipinski definition) is 1. The highest BCUT2D eigenvalue weighted by Gasteiger charge is 2.18. The second kappa shape index (κ2) is 15.1. The maximum absolute atomic E-state index is 12.2. The highest BCUT2D eigenvalue weighted by atomic mass is 32.2. The SMILES string of the molecule is CC.CO.CO[N+](=O)c1ccc(-c2ccc(/C=C(\SC)C(=O)N(C=O)C=S)o2)c(C)c1. The van der Waals surface area contributed by atoms with Crippen LogP contribution in [0, 0.1) is 11.8 Å². The van der Waals surface area contributed by atoms with Gasteiger partial charge >= 0.3 is 5.69 Å². The molecule has 1 heterocycles. The molecule has 2 aromatic rings. The first-order chi connectivity index (χ1) is 14.9. The number of aliphatic hydroxyl groups is 1. The van der Waals surface area contributed by atoms with Crippen molar-refractivity contribution < 1.29 is 28.9 Å². The summed E-state index contributed by atoms with van der Waals surface area (Å²) in [5.74, 6) is 0.500. The van der Waals surface area contributed by atoms with Gasteiger partial charge in [-0.2, -0.15) is 0 Å². The number of furan rings is 1. The number of aryl methyl sites for hydroxylation is 1. The Bertz CT molecular complexity index is 916. The van der Waals surface area contributed by atoms with Crippen LogP contribution >= 0.6 is 24.0 Å². The van der Waals surface area contributed by atoms with Crippen LogP contribution in [0.15, 0.2) is 39.7 Å². The number of nitrogens with zero attached hydrogens (tertiary/aromatic N) is 2. The highest BCUT2D eigenvalue weighted by Crippen LogP contribution is 2.30. The Morgan fingerprint density at radius 3 is 2.39 bits per heavy atom. The summed E-state index contributed by atoms with van der Waals surface area (Å²) in [4.78, 5) is 40.8. The summed E-state index contributed by atoms with van der Waals surface area (Å²) in [6.07, 6.45) is 3.62. The summed E-state index contributed by atoms with van der Waals surface area (Å²) in [5, 5.41) is 7.00. The molecule has 0 saturated heterocycles. The Balaban J connectivity index is 0.00000212. The average Bonchev–Trinajstić information content (AvgIpc) is 3.28. The lowest BCUT2D eigenvalue weighted by Crippen LogP contribution is -2.27. The fraction of sp³-hybridized carbons (Fsp3) is 0.286. The molecule has 1 aromatic carbocycles. The Morgan fingerprint density at radius 1 is 1.26 bits per heavy atom. The van der Waals surface area contributed by atoms with E-state index in [1.54, 1.807) is 42.7 Å². The van der Waals surface area contributed by atoms with Crippen molar-refractivity contribution in [3.8, 4) is 11.3 Å². The van der Waals surface area contributed by atoms with Gasteiger partial charge in [-0.05, 0) is 43.0 Å². The number of carbonyl (C=O) groups excluding carboxylic acids is 2. The van der Waals surface area contributed by atoms with Crippen LogP contribution in [0.4, 0.5) is 5.69 Å². The van der Waals surface area contributed by atoms with Gasteiger partial charge in [0.05, 0.1) is 15.3 Å². The van der Waals surface area contributed by atoms with E-state index in [4.69, 9.17) is 9.52 Å². The molecule has 168 valence electrons. The number of thiocarbonyl (C=S) groups is 1. The number of thioether (sulfide) groups is 1. The maximum atomic E-state index is 12.2. The fourth-order valence-electron chi connectivity index (χ4n) is 2.30. The number of aliphatic hydroxyl groups excluding tert-OH is 1. The summed E-state index contributed by atoms with van der Waals surface area (Å²) >= 11 is 5.83. The molecule has 2 rings (SSSR count). The number of hydrogen-bond acceptors (Lipinski definition) is 8. The predicted octanol–water partition coefficient (Wildman–Crippen LogP) is 4.51. The van der Waals surface area contributed by atoms with Gasteiger partial charge in [0.15, 0.2) is 7.11 Å². The number of imide groups is 1. The van der Waals surface area contributed by atoms with Crippen molar-refractivity contribution in [2.75, 3.05) is 20.5 Å². The lowest BCUT2D eigenvalue weighted by atomic mass is 10.1. The smallest absolute Gasteiger partial charge is 0.317 e. The molecule has 10 heteroatoms. The summed E-state index contributed by atoms with van der Waals surface area (Å²) in [6, 6.07) is 8.53. The molecule has 0 spiro atoms. The Labute approximate surface area is 191 Å².